The molecule has 2 atom stereocenters. The van der Waals surface area contributed by atoms with E-state index < -0.39 is 11.7 Å². The first kappa shape index (κ1) is 25.1. The van der Waals surface area contributed by atoms with Crippen LogP contribution in [-0.2, 0) is 15.8 Å². The fraction of sp³-hybridized carbons (Fsp3) is 0.615. The molecular formula is C26H33F3N2O2S. The van der Waals surface area contributed by atoms with Crippen molar-refractivity contribution in [2.24, 2.45) is 0 Å². The molecule has 4 rings (SSSR count). The lowest BCUT2D eigenvalue weighted by Gasteiger charge is -2.44. The van der Waals surface area contributed by atoms with Crippen LogP contribution in [0.4, 0.5) is 13.2 Å². The van der Waals surface area contributed by atoms with Gasteiger partial charge in [0.15, 0.2) is 0 Å². The minimum atomic E-state index is -4.39. The van der Waals surface area contributed by atoms with Gasteiger partial charge in [-0.1, -0.05) is 57.1 Å². The van der Waals surface area contributed by atoms with Crippen molar-refractivity contribution in [3.8, 4) is 0 Å². The fourth-order valence-electron chi connectivity index (χ4n) is 5.31. The van der Waals surface area contributed by atoms with Gasteiger partial charge in [0.25, 0.3) is 5.91 Å². The molecule has 34 heavy (non-hydrogen) atoms. The van der Waals surface area contributed by atoms with E-state index in [2.05, 4.69) is 5.32 Å². The van der Waals surface area contributed by atoms with Crippen LogP contribution in [0.25, 0.3) is 6.08 Å². The average Bonchev–Trinajstić information content (AvgIpc) is 2.78. The number of nitrogens with one attached hydrogen (secondary N) is 1. The highest BCUT2D eigenvalue weighted by molar-refractivity contribution is 8.04. The number of alkyl halides is 3. The van der Waals surface area contributed by atoms with Crippen LogP contribution in [0, 0.1) is 0 Å². The number of amides is 2. The molecule has 1 aromatic rings. The highest BCUT2D eigenvalue weighted by atomic mass is 32.2. The summed E-state index contributed by atoms with van der Waals surface area (Å²) in [5.41, 5.74) is -0.158. The zero-order chi connectivity index (χ0) is 24.1. The maximum absolute atomic E-state index is 13.4. The zero-order valence-electron chi connectivity index (χ0n) is 19.4. The van der Waals surface area contributed by atoms with Crippen molar-refractivity contribution >= 4 is 29.7 Å². The lowest BCUT2D eigenvalue weighted by atomic mass is 9.93. The number of carbonyl (C=O) groups is 2. The van der Waals surface area contributed by atoms with Crippen LogP contribution in [0.1, 0.15) is 81.8 Å². The molecule has 186 valence electrons. The van der Waals surface area contributed by atoms with Gasteiger partial charge in [0.05, 0.1) is 10.5 Å². The summed E-state index contributed by atoms with van der Waals surface area (Å²) in [5, 5.41) is 3.38. The Labute approximate surface area is 203 Å². The Morgan fingerprint density at radius 2 is 1.59 bits per heavy atom. The van der Waals surface area contributed by atoms with Crippen LogP contribution in [0.3, 0.4) is 0 Å². The lowest BCUT2D eigenvalue weighted by Crippen LogP contribution is -2.55. The van der Waals surface area contributed by atoms with Crippen molar-refractivity contribution < 1.29 is 22.8 Å². The lowest BCUT2D eigenvalue weighted by molar-refractivity contribution is -0.137. The van der Waals surface area contributed by atoms with Crippen molar-refractivity contribution in [1.29, 1.82) is 0 Å². The third-order valence-electron chi connectivity index (χ3n) is 7.14. The first-order valence-corrected chi connectivity index (χ1v) is 13.3. The standard InChI is InChI=1S/C26H33F3N2O2S/c27-26(28,29)19-14-12-18(13-15-19)16-23-25(33)31(21-10-6-7-11-22(21)34-23)17-24(32)30-20-8-4-2-1-3-5-9-20/h12-16,20-22H,1-11,17H2,(H,30,32)/b23-16+. The fourth-order valence-corrected chi connectivity index (χ4v) is 6.78. The molecule has 3 aliphatic rings. The van der Waals surface area contributed by atoms with E-state index in [1.807, 2.05) is 0 Å². The van der Waals surface area contributed by atoms with Gasteiger partial charge in [-0.05, 0) is 49.5 Å². The molecule has 4 nitrogen and oxygen atoms in total. The van der Waals surface area contributed by atoms with E-state index in [9.17, 15) is 22.8 Å². The number of halogens is 3. The first-order chi connectivity index (χ1) is 16.3. The monoisotopic (exact) mass is 494 g/mol. The molecule has 0 aromatic heterocycles. The zero-order valence-corrected chi connectivity index (χ0v) is 20.2. The van der Waals surface area contributed by atoms with Crippen LogP contribution < -0.4 is 5.32 Å². The van der Waals surface area contributed by atoms with Gasteiger partial charge >= 0.3 is 6.18 Å². The minimum absolute atomic E-state index is 0.0269. The second-order valence-corrected chi connectivity index (χ2v) is 11.0. The summed E-state index contributed by atoms with van der Waals surface area (Å²) in [6.07, 6.45) is 9.12. The van der Waals surface area contributed by atoms with Crippen LogP contribution in [0.15, 0.2) is 29.2 Å². The Morgan fingerprint density at radius 1 is 0.971 bits per heavy atom. The van der Waals surface area contributed by atoms with Gasteiger partial charge < -0.3 is 10.2 Å². The predicted molar refractivity (Wildman–Crippen MR) is 129 cm³/mol. The van der Waals surface area contributed by atoms with Gasteiger partial charge in [0.2, 0.25) is 5.91 Å². The number of nitrogens with zero attached hydrogens (tertiary/aromatic N) is 1. The number of benzene rings is 1. The second kappa shape index (κ2) is 11.2. The van der Waals surface area contributed by atoms with E-state index in [1.54, 1.807) is 11.0 Å². The van der Waals surface area contributed by atoms with E-state index in [4.69, 9.17) is 0 Å². The molecule has 1 aromatic carbocycles. The third kappa shape index (κ3) is 6.37. The van der Waals surface area contributed by atoms with Crippen LogP contribution >= 0.6 is 11.8 Å². The Kier molecular flexibility index (Phi) is 8.27. The molecule has 2 aliphatic carbocycles. The number of hydrogen-bond donors (Lipinski definition) is 1. The summed E-state index contributed by atoms with van der Waals surface area (Å²) in [4.78, 5) is 28.6. The SMILES string of the molecule is O=C(CN1C(=O)/C(=C\c2ccc(C(F)(F)F)cc2)SC2CCCCC21)NC1CCCCCCC1. The van der Waals surface area contributed by atoms with E-state index in [0.717, 1.165) is 63.5 Å². The summed E-state index contributed by atoms with van der Waals surface area (Å²) in [6, 6.07) is 5.05. The molecule has 0 bridgehead atoms. The highest BCUT2D eigenvalue weighted by Gasteiger charge is 2.41. The number of fused-ring (bicyclic) bond motifs is 1. The number of rotatable bonds is 4. The largest absolute Gasteiger partial charge is 0.416 e. The van der Waals surface area contributed by atoms with Gasteiger partial charge in [-0.15, -0.1) is 11.8 Å². The van der Waals surface area contributed by atoms with Crippen LogP contribution in [-0.4, -0.2) is 40.6 Å². The molecule has 0 radical (unpaired) electrons. The molecule has 8 heteroatoms. The molecular weight excluding hydrogens is 461 g/mol. The molecule has 3 fully saturated rings. The molecule has 0 spiro atoms. The van der Waals surface area contributed by atoms with Gasteiger partial charge in [0, 0.05) is 17.3 Å². The third-order valence-corrected chi connectivity index (χ3v) is 8.54. The second-order valence-electron chi connectivity index (χ2n) is 9.68. The Hall–Kier alpha value is -1.96. The van der Waals surface area contributed by atoms with Crippen LogP contribution in [0.2, 0.25) is 0 Å². The van der Waals surface area contributed by atoms with E-state index in [-0.39, 0.29) is 35.7 Å². The maximum Gasteiger partial charge on any atom is 0.416 e. The maximum atomic E-state index is 13.4. The molecule has 1 N–H and O–H groups in total. The van der Waals surface area contributed by atoms with Crippen molar-refractivity contribution in [3.05, 3.63) is 40.3 Å². The number of hydrogen-bond acceptors (Lipinski definition) is 3. The van der Waals surface area contributed by atoms with Crippen molar-refractivity contribution in [2.75, 3.05) is 6.54 Å². The molecule has 2 amide bonds. The molecule has 1 heterocycles. The topological polar surface area (TPSA) is 49.4 Å². The van der Waals surface area contributed by atoms with Gasteiger partial charge in [0.1, 0.15) is 6.54 Å². The predicted octanol–water partition coefficient (Wildman–Crippen LogP) is 6.16. The summed E-state index contributed by atoms with van der Waals surface area (Å²) in [5.74, 6) is -0.301. The Morgan fingerprint density at radius 3 is 2.26 bits per heavy atom. The minimum Gasteiger partial charge on any atom is -0.352 e. The molecule has 2 unspecified atom stereocenters. The molecule has 1 aliphatic heterocycles. The molecule has 2 saturated carbocycles. The van der Waals surface area contributed by atoms with E-state index in [0.29, 0.717) is 10.5 Å². The van der Waals surface area contributed by atoms with Crippen molar-refractivity contribution in [2.45, 2.75) is 94.1 Å². The van der Waals surface area contributed by atoms with Gasteiger partial charge in [-0.2, -0.15) is 13.2 Å². The van der Waals surface area contributed by atoms with Crippen molar-refractivity contribution in [3.63, 3.8) is 0 Å². The summed E-state index contributed by atoms with van der Waals surface area (Å²) in [6.45, 7) is 0.0431. The normalized spacial score (nSPS) is 26.0. The summed E-state index contributed by atoms with van der Waals surface area (Å²) < 4.78 is 38.7. The number of thioether (sulfide) groups is 1. The average molecular weight is 495 g/mol. The van der Waals surface area contributed by atoms with Gasteiger partial charge in [-0.3, -0.25) is 9.59 Å². The van der Waals surface area contributed by atoms with Crippen LogP contribution in [0.5, 0.6) is 0 Å². The van der Waals surface area contributed by atoms with E-state index >= 15 is 0 Å². The highest BCUT2D eigenvalue weighted by Crippen LogP contribution is 2.42. The quantitative estimate of drug-likeness (QED) is 0.510. The molecule has 1 saturated heterocycles. The first-order valence-electron chi connectivity index (χ1n) is 12.5. The summed E-state index contributed by atoms with van der Waals surface area (Å²) >= 11 is 1.52. The summed E-state index contributed by atoms with van der Waals surface area (Å²) in [7, 11) is 0. The van der Waals surface area contributed by atoms with E-state index in [1.165, 1.54) is 43.2 Å². The Balaban J connectivity index is 1.48. The number of carbonyl (C=O) groups excluding carboxylic acids is 2. The smallest absolute Gasteiger partial charge is 0.352 e. The van der Waals surface area contributed by atoms with Gasteiger partial charge in [-0.25, -0.2) is 0 Å². The van der Waals surface area contributed by atoms with Crippen molar-refractivity contribution in [1.82, 2.24) is 10.2 Å². The Bertz CT molecular complexity index is 892.